The molecular weight excluding hydrogens is 268 g/mol. The van der Waals surface area contributed by atoms with Gasteiger partial charge in [-0.05, 0) is 31.4 Å². The lowest BCUT2D eigenvalue weighted by atomic mass is 10.1. The average Bonchev–Trinajstić information content (AvgIpc) is 2.47. The topological polar surface area (TPSA) is 27.7 Å². The molecule has 0 heterocycles. The molecule has 0 unspecified atom stereocenters. The Kier molecular flexibility index (Phi) is 9.24. The Labute approximate surface area is 124 Å². The minimum absolute atomic E-state index is 0.135. The molecule has 0 spiro atoms. The van der Waals surface area contributed by atoms with Gasteiger partial charge in [0, 0.05) is 25.9 Å². The Bertz CT molecular complexity index is 376. The predicted molar refractivity (Wildman–Crippen MR) is 83.8 cm³/mol. The van der Waals surface area contributed by atoms with Gasteiger partial charge in [-0.15, -0.1) is 0 Å². The summed E-state index contributed by atoms with van der Waals surface area (Å²) in [5.41, 5.74) is 2.46. The average molecular weight is 292 g/mol. The molecule has 3 nitrogen and oxygen atoms in total. The van der Waals surface area contributed by atoms with Crippen molar-refractivity contribution in [3.63, 3.8) is 0 Å². The molecule has 1 rings (SSSR count). The highest BCUT2D eigenvalue weighted by Gasteiger charge is 2.08. The summed E-state index contributed by atoms with van der Waals surface area (Å²) in [6, 6.07) is 9.06. The van der Waals surface area contributed by atoms with Crippen LogP contribution in [0.5, 0.6) is 0 Å². The van der Waals surface area contributed by atoms with Gasteiger partial charge in [0.2, 0.25) is 9.76 Å². The summed E-state index contributed by atoms with van der Waals surface area (Å²) in [7, 11) is 0.406. The van der Waals surface area contributed by atoms with E-state index >= 15 is 0 Å². The van der Waals surface area contributed by atoms with Gasteiger partial charge in [-0.2, -0.15) is 0 Å². The van der Waals surface area contributed by atoms with E-state index in [2.05, 4.69) is 18.7 Å². The standard InChI is InChI=1S/C16H24O3Si/c1-4-14-9-7-8-10-15(14)11-12-19-20-13-16(17-5-2)18-6-3/h4,7-10,16H,1,5-6,11-13H2,2-3H3. The summed E-state index contributed by atoms with van der Waals surface area (Å²) in [5, 5.41) is 0. The molecule has 0 aliphatic carbocycles. The van der Waals surface area contributed by atoms with Crippen LogP contribution in [0.15, 0.2) is 30.8 Å². The summed E-state index contributed by atoms with van der Waals surface area (Å²) in [6.45, 7) is 9.83. The molecule has 0 bridgehead atoms. The second-order valence-corrected chi connectivity index (χ2v) is 5.18. The van der Waals surface area contributed by atoms with Crippen LogP contribution in [0.2, 0.25) is 6.04 Å². The fourth-order valence-corrected chi connectivity index (χ4v) is 2.59. The van der Waals surface area contributed by atoms with Crippen molar-refractivity contribution in [2.45, 2.75) is 32.6 Å². The molecule has 0 aliphatic heterocycles. The van der Waals surface area contributed by atoms with Crippen LogP contribution in [0, 0.1) is 0 Å². The molecule has 0 fully saturated rings. The van der Waals surface area contributed by atoms with Crippen LogP contribution in [0.1, 0.15) is 25.0 Å². The van der Waals surface area contributed by atoms with Crippen molar-refractivity contribution >= 4 is 15.8 Å². The molecule has 0 atom stereocenters. The minimum Gasteiger partial charge on any atom is -0.417 e. The first-order chi connectivity index (χ1) is 9.81. The molecule has 20 heavy (non-hydrogen) atoms. The molecule has 0 aliphatic rings. The smallest absolute Gasteiger partial charge is 0.234 e. The molecule has 110 valence electrons. The van der Waals surface area contributed by atoms with E-state index in [1.807, 2.05) is 32.1 Å². The first-order valence-corrected chi connectivity index (χ1v) is 8.21. The zero-order chi connectivity index (χ0) is 14.6. The molecule has 4 heteroatoms. The quantitative estimate of drug-likeness (QED) is 0.356. The van der Waals surface area contributed by atoms with E-state index < -0.39 is 0 Å². The largest absolute Gasteiger partial charge is 0.417 e. The predicted octanol–water partition coefficient (Wildman–Crippen LogP) is 3.33. The van der Waals surface area contributed by atoms with E-state index in [1.54, 1.807) is 0 Å². The van der Waals surface area contributed by atoms with E-state index in [1.165, 1.54) is 11.1 Å². The van der Waals surface area contributed by atoms with Crippen LogP contribution in [0.4, 0.5) is 0 Å². The second kappa shape index (κ2) is 10.8. The van der Waals surface area contributed by atoms with Crippen LogP contribution < -0.4 is 0 Å². The Balaban J connectivity index is 2.22. The van der Waals surface area contributed by atoms with Crippen LogP contribution in [-0.2, 0) is 20.3 Å². The van der Waals surface area contributed by atoms with E-state index in [4.69, 9.17) is 13.9 Å². The summed E-state index contributed by atoms with van der Waals surface area (Å²) in [6.07, 6.45) is 2.66. The van der Waals surface area contributed by atoms with Crippen LogP contribution in [-0.4, -0.2) is 35.9 Å². The molecule has 0 saturated carbocycles. The third-order valence-electron chi connectivity index (χ3n) is 2.81. The maximum Gasteiger partial charge on any atom is 0.234 e. The van der Waals surface area contributed by atoms with Crippen molar-refractivity contribution in [2.75, 3.05) is 19.8 Å². The zero-order valence-corrected chi connectivity index (χ0v) is 13.4. The summed E-state index contributed by atoms with van der Waals surface area (Å²) < 4.78 is 16.6. The van der Waals surface area contributed by atoms with Gasteiger partial charge in [-0.25, -0.2) is 0 Å². The molecule has 1 aromatic carbocycles. The van der Waals surface area contributed by atoms with Crippen molar-refractivity contribution in [3.8, 4) is 0 Å². The number of ether oxygens (including phenoxy) is 2. The lowest BCUT2D eigenvalue weighted by Gasteiger charge is -2.16. The van der Waals surface area contributed by atoms with Crippen molar-refractivity contribution in [1.29, 1.82) is 0 Å². The molecule has 1 aromatic rings. The number of benzene rings is 1. The first-order valence-electron chi connectivity index (χ1n) is 7.10. The van der Waals surface area contributed by atoms with Crippen molar-refractivity contribution in [1.82, 2.24) is 0 Å². The lowest BCUT2D eigenvalue weighted by molar-refractivity contribution is -0.124. The monoisotopic (exact) mass is 292 g/mol. The molecule has 0 aromatic heterocycles. The maximum atomic E-state index is 5.69. The molecule has 0 saturated heterocycles. The van der Waals surface area contributed by atoms with Gasteiger partial charge < -0.3 is 13.9 Å². The van der Waals surface area contributed by atoms with E-state index in [0.29, 0.717) is 29.6 Å². The minimum atomic E-state index is -0.135. The van der Waals surface area contributed by atoms with Gasteiger partial charge in [-0.3, -0.25) is 0 Å². The van der Waals surface area contributed by atoms with Gasteiger partial charge in [0.15, 0.2) is 6.29 Å². The summed E-state index contributed by atoms with van der Waals surface area (Å²) >= 11 is 0. The number of rotatable bonds is 11. The zero-order valence-electron chi connectivity index (χ0n) is 12.4. The molecular formula is C16H24O3Si. The SMILES string of the molecule is C=Cc1ccccc1CCO[Si]CC(OCC)OCC. The fraction of sp³-hybridized carbons (Fsp3) is 0.500. The maximum absolute atomic E-state index is 5.69. The Morgan fingerprint density at radius 1 is 1.20 bits per heavy atom. The van der Waals surface area contributed by atoms with Crippen LogP contribution in [0.3, 0.4) is 0 Å². The van der Waals surface area contributed by atoms with Gasteiger partial charge in [0.1, 0.15) is 0 Å². The van der Waals surface area contributed by atoms with E-state index in [0.717, 1.165) is 12.5 Å². The van der Waals surface area contributed by atoms with Gasteiger partial charge >= 0.3 is 0 Å². The highest BCUT2D eigenvalue weighted by molar-refractivity contribution is 6.27. The highest BCUT2D eigenvalue weighted by Crippen LogP contribution is 2.10. The third kappa shape index (κ3) is 6.48. The van der Waals surface area contributed by atoms with Crippen LogP contribution >= 0.6 is 0 Å². The second-order valence-electron chi connectivity index (χ2n) is 4.19. The third-order valence-corrected chi connectivity index (χ3v) is 3.71. The van der Waals surface area contributed by atoms with Gasteiger partial charge in [-0.1, -0.05) is 36.9 Å². The number of hydrogen-bond donors (Lipinski definition) is 0. The first kappa shape index (κ1) is 17.1. The van der Waals surface area contributed by atoms with Gasteiger partial charge in [0.05, 0.1) is 0 Å². The molecule has 0 amide bonds. The lowest BCUT2D eigenvalue weighted by Crippen LogP contribution is -2.20. The van der Waals surface area contributed by atoms with Crippen molar-refractivity contribution in [3.05, 3.63) is 42.0 Å². The van der Waals surface area contributed by atoms with Crippen molar-refractivity contribution < 1.29 is 13.9 Å². The van der Waals surface area contributed by atoms with Crippen LogP contribution in [0.25, 0.3) is 6.08 Å². The Hall–Kier alpha value is -0.943. The molecule has 0 N–H and O–H groups in total. The highest BCUT2D eigenvalue weighted by atomic mass is 28.2. The van der Waals surface area contributed by atoms with E-state index in [9.17, 15) is 0 Å². The Morgan fingerprint density at radius 2 is 1.90 bits per heavy atom. The van der Waals surface area contributed by atoms with Gasteiger partial charge in [0.25, 0.3) is 0 Å². The normalized spacial score (nSPS) is 10.9. The van der Waals surface area contributed by atoms with Crippen molar-refractivity contribution in [2.24, 2.45) is 0 Å². The molecule has 2 radical (unpaired) electrons. The summed E-state index contributed by atoms with van der Waals surface area (Å²) in [4.78, 5) is 0. The summed E-state index contributed by atoms with van der Waals surface area (Å²) in [5.74, 6) is 0. The Morgan fingerprint density at radius 3 is 2.55 bits per heavy atom. The number of hydrogen-bond acceptors (Lipinski definition) is 3. The van der Waals surface area contributed by atoms with E-state index in [-0.39, 0.29) is 6.29 Å². The fourth-order valence-electron chi connectivity index (χ4n) is 1.86.